The van der Waals surface area contributed by atoms with Crippen molar-refractivity contribution in [3.63, 3.8) is 0 Å². The van der Waals surface area contributed by atoms with Gasteiger partial charge in [-0.15, -0.1) is 0 Å². The van der Waals surface area contributed by atoms with Crippen LogP contribution in [0.5, 0.6) is 0 Å². The van der Waals surface area contributed by atoms with Crippen molar-refractivity contribution in [2.24, 2.45) is 0 Å². The molecule has 0 aromatic heterocycles. The second-order valence-electron chi connectivity index (χ2n) is 1.50. The van der Waals surface area contributed by atoms with E-state index in [4.69, 9.17) is 7.98 Å². The zero-order valence-corrected chi connectivity index (χ0v) is 5.06. The van der Waals surface area contributed by atoms with Crippen LogP contribution < -0.4 is 10.5 Å². The molecule has 0 aromatic rings. The highest BCUT2D eigenvalue weighted by atomic mass is 16.1. The molecular weight excluding hydrogens is 103 g/mol. The third kappa shape index (κ3) is 2.09. The van der Waals surface area contributed by atoms with Gasteiger partial charge in [-0.2, -0.15) is 0 Å². The van der Waals surface area contributed by atoms with E-state index in [0.717, 1.165) is 0 Å². The summed E-state index contributed by atoms with van der Waals surface area (Å²) >= 11 is 0. The number of likely N-dealkylation sites (N-methyl/N-ethyl adjacent to an activating group) is 1. The highest BCUT2D eigenvalue weighted by Gasteiger charge is 2.04. The molecule has 0 heterocycles. The summed E-state index contributed by atoms with van der Waals surface area (Å²) in [6.45, 7) is 1.46. The van der Waals surface area contributed by atoms with Crippen molar-refractivity contribution >= 4 is 13.8 Å². The number of rotatable bonds is 3. The molecule has 0 spiro atoms. The van der Waals surface area contributed by atoms with Crippen molar-refractivity contribution in [2.75, 3.05) is 7.05 Å². The van der Waals surface area contributed by atoms with Crippen LogP contribution >= 0.6 is 0 Å². The van der Waals surface area contributed by atoms with Crippen molar-refractivity contribution in [2.45, 2.75) is 13.1 Å². The van der Waals surface area contributed by atoms with E-state index in [1.165, 1.54) is 6.92 Å². The molecule has 0 aliphatic carbocycles. The fourth-order valence-electron chi connectivity index (χ4n) is 0.404. The first kappa shape index (κ1) is 7.65. The Morgan fingerprint density at radius 1 is 1.75 bits per heavy atom. The van der Waals surface area contributed by atoms with E-state index >= 15 is 0 Å². The Balaban J connectivity index is 3.52. The second-order valence-corrected chi connectivity index (χ2v) is 1.50. The van der Waals surface area contributed by atoms with E-state index in [1.54, 1.807) is 7.05 Å². The summed E-state index contributed by atoms with van der Waals surface area (Å²) in [5.74, 6) is -0.0185. The molecule has 0 aliphatic rings. The van der Waals surface area contributed by atoms with Gasteiger partial charge in [-0.25, -0.2) is 0 Å². The van der Waals surface area contributed by atoms with Crippen molar-refractivity contribution in [1.82, 2.24) is 10.5 Å². The Morgan fingerprint density at radius 3 is 2.25 bits per heavy atom. The van der Waals surface area contributed by atoms with Crippen LogP contribution in [0.2, 0.25) is 0 Å². The van der Waals surface area contributed by atoms with Gasteiger partial charge in [0.2, 0.25) is 0 Å². The number of hydrogen-bond acceptors (Lipinski definition) is 3. The van der Waals surface area contributed by atoms with Crippen molar-refractivity contribution in [1.29, 1.82) is 0 Å². The van der Waals surface area contributed by atoms with E-state index in [1.807, 2.05) is 0 Å². The number of ketones is 1. The first-order chi connectivity index (χ1) is 3.72. The normalized spacial score (nSPS) is 13.2. The van der Waals surface area contributed by atoms with Gasteiger partial charge in [0.25, 0.3) is 0 Å². The maximum Gasteiger partial charge on any atom is 0.180 e. The van der Waals surface area contributed by atoms with Crippen molar-refractivity contribution < 1.29 is 4.79 Å². The van der Waals surface area contributed by atoms with Crippen molar-refractivity contribution in [3.8, 4) is 0 Å². The van der Waals surface area contributed by atoms with Crippen molar-refractivity contribution in [3.05, 3.63) is 0 Å². The van der Waals surface area contributed by atoms with Crippen LogP contribution in [0.15, 0.2) is 0 Å². The van der Waals surface area contributed by atoms with Crippen LogP contribution in [0.1, 0.15) is 6.92 Å². The fourth-order valence-corrected chi connectivity index (χ4v) is 0.404. The van der Waals surface area contributed by atoms with Gasteiger partial charge in [0.05, 0.1) is 0 Å². The molecule has 0 aromatic carbocycles. The maximum atomic E-state index is 10.4. The smallest absolute Gasteiger partial charge is 0.180 e. The molecule has 44 valence electrons. The van der Waals surface area contributed by atoms with Gasteiger partial charge in [0.1, 0.15) is 6.17 Å². The van der Waals surface area contributed by atoms with E-state index in [9.17, 15) is 4.79 Å². The Hall–Kier alpha value is -0.345. The second kappa shape index (κ2) is 3.63. The summed E-state index contributed by atoms with van der Waals surface area (Å²) in [7, 11) is 6.61. The zero-order chi connectivity index (χ0) is 6.57. The Labute approximate surface area is 50.3 Å². The molecule has 2 radical (unpaired) electrons. The SMILES string of the molecule is [B]NC(NC)C(C)=O. The average Bonchev–Trinajstić information content (AvgIpc) is 1.69. The average molecular weight is 112 g/mol. The summed E-state index contributed by atoms with van der Waals surface area (Å²) in [4.78, 5) is 10.4. The number of carbonyl (C=O) groups excluding carboxylic acids is 1. The molecule has 0 aliphatic heterocycles. The minimum atomic E-state index is -0.407. The van der Waals surface area contributed by atoms with E-state index in [-0.39, 0.29) is 5.78 Å². The monoisotopic (exact) mass is 112 g/mol. The zero-order valence-electron chi connectivity index (χ0n) is 5.06. The summed E-state index contributed by atoms with van der Waals surface area (Å²) in [5, 5.41) is 4.96. The Bertz CT molecular complexity index is 82.1. The quantitative estimate of drug-likeness (QED) is 0.355. The minimum Gasteiger partial charge on any atom is -0.346 e. The molecule has 4 heteroatoms. The Kier molecular flexibility index (Phi) is 3.48. The maximum absolute atomic E-state index is 10.4. The van der Waals surface area contributed by atoms with Crippen LogP contribution in [-0.2, 0) is 4.79 Å². The lowest BCUT2D eigenvalue weighted by molar-refractivity contribution is -0.119. The van der Waals surface area contributed by atoms with Gasteiger partial charge in [-0.3, -0.25) is 10.1 Å². The molecule has 0 rings (SSSR count). The lowest BCUT2D eigenvalue weighted by Gasteiger charge is -2.09. The van der Waals surface area contributed by atoms with Gasteiger partial charge in [0, 0.05) is 0 Å². The molecule has 8 heavy (non-hydrogen) atoms. The molecule has 0 saturated carbocycles. The van der Waals surface area contributed by atoms with Gasteiger partial charge < -0.3 is 5.23 Å². The van der Waals surface area contributed by atoms with Crippen LogP contribution in [0, 0.1) is 0 Å². The molecule has 0 fully saturated rings. The van der Waals surface area contributed by atoms with Gasteiger partial charge in [0.15, 0.2) is 13.8 Å². The minimum absolute atomic E-state index is 0.0185. The third-order valence-electron chi connectivity index (χ3n) is 0.862. The molecule has 1 unspecified atom stereocenters. The van der Waals surface area contributed by atoms with Crippen LogP contribution in [0.4, 0.5) is 0 Å². The standard InChI is InChI=1S/C4H9BN2O/c1-3(8)4(6-2)7-5/h4,6-7H,1-2H3. The number of carbonyl (C=O) groups is 1. The van der Waals surface area contributed by atoms with Crippen LogP contribution in [-0.4, -0.2) is 27.0 Å². The summed E-state index contributed by atoms with van der Waals surface area (Å²) in [5.41, 5.74) is 0. The predicted octanol–water partition coefficient (Wildman–Crippen LogP) is -1.21. The largest absolute Gasteiger partial charge is 0.346 e. The van der Waals surface area contributed by atoms with Gasteiger partial charge in [-0.1, -0.05) is 0 Å². The number of nitrogens with one attached hydrogen (secondary N) is 2. The molecule has 2 N–H and O–H groups in total. The molecule has 1 atom stereocenters. The lowest BCUT2D eigenvalue weighted by atomic mass is 10.3. The van der Waals surface area contributed by atoms with Gasteiger partial charge in [-0.05, 0) is 14.0 Å². The number of Topliss-reactive ketones (excluding diaryl/α,β-unsaturated/α-hetero) is 1. The van der Waals surface area contributed by atoms with E-state index in [2.05, 4.69) is 10.5 Å². The third-order valence-corrected chi connectivity index (χ3v) is 0.862. The van der Waals surface area contributed by atoms with E-state index in [0.29, 0.717) is 0 Å². The molecule has 3 nitrogen and oxygen atoms in total. The highest BCUT2D eigenvalue weighted by Crippen LogP contribution is 1.73. The summed E-state index contributed by atoms with van der Waals surface area (Å²) in [6.07, 6.45) is -0.407. The highest BCUT2D eigenvalue weighted by molar-refractivity contribution is 6.06. The Morgan fingerprint density at radius 2 is 2.25 bits per heavy atom. The molecule has 0 saturated heterocycles. The van der Waals surface area contributed by atoms with Gasteiger partial charge >= 0.3 is 0 Å². The van der Waals surface area contributed by atoms with Crippen LogP contribution in [0.3, 0.4) is 0 Å². The van der Waals surface area contributed by atoms with E-state index < -0.39 is 6.17 Å². The first-order valence-electron chi connectivity index (χ1n) is 2.36. The predicted molar refractivity (Wildman–Crippen MR) is 32.4 cm³/mol. The molecule has 0 bridgehead atoms. The lowest BCUT2D eigenvalue weighted by Crippen LogP contribution is -2.44. The topological polar surface area (TPSA) is 41.1 Å². The first-order valence-corrected chi connectivity index (χ1v) is 2.36. The summed E-state index contributed by atoms with van der Waals surface area (Å²) < 4.78 is 0. The van der Waals surface area contributed by atoms with Crippen LogP contribution in [0.25, 0.3) is 0 Å². The fraction of sp³-hybridized carbons (Fsp3) is 0.750. The molecular formula is C4H9BN2O. The summed E-state index contributed by atoms with van der Waals surface area (Å²) in [6, 6.07) is 0. The molecule has 0 amide bonds. The number of hydrogen-bond donors (Lipinski definition) is 2.